The first-order valence-corrected chi connectivity index (χ1v) is 6.36. The highest BCUT2D eigenvalue weighted by molar-refractivity contribution is 8.00. The normalized spacial score (nSPS) is 10.1. The largest absolute Gasteiger partial charge is 0.355 e. The van der Waals surface area contributed by atoms with Gasteiger partial charge in [0, 0.05) is 17.5 Å². The minimum absolute atomic E-state index is 0.112. The van der Waals surface area contributed by atoms with Gasteiger partial charge in [-0.15, -0.1) is 11.8 Å². The number of nitro groups is 1. The number of carbonyl (C=O) groups excluding carboxylic acids is 1. The van der Waals surface area contributed by atoms with Gasteiger partial charge < -0.3 is 5.32 Å². The summed E-state index contributed by atoms with van der Waals surface area (Å²) in [6, 6.07) is 3.27. The van der Waals surface area contributed by atoms with Crippen molar-refractivity contribution in [1.82, 2.24) is 5.32 Å². The average molecular weight is 272 g/mol. The lowest BCUT2D eigenvalue weighted by Gasteiger charge is -2.03. The van der Waals surface area contributed by atoms with E-state index in [9.17, 15) is 19.3 Å². The summed E-state index contributed by atoms with van der Waals surface area (Å²) >= 11 is 1.07. The first-order chi connectivity index (χ1) is 8.52. The quantitative estimate of drug-likeness (QED) is 0.490. The highest BCUT2D eigenvalue weighted by atomic mass is 32.2. The summed E-state index contributed by atoms with van der Waals surface area (Å²) in [5, 5.41) is 13.2. The van der Waals surface area contributed by atoms with Gasteiger partial charge in [0.15, 0.2) is 0 Å². The van der Waals surface area contributed by atoms with Crippen molar-refractivity contribution in [2.75, 3.05) is 12.3 Å². The van der Waals surface area contributed by atoms with Crippen LogP contribution in [0, 0.1) is 15.9 Å². The van der Waals surface area contributed by atoms with E-state index in [0.29, 0.717) is 11.4 Å². The van der Waals surface area contributed by atoms with Crippen LogP contribution in [0.3, 0.4) is 0 Å². The number of benzene rings is 1. The van der Waals surface area contributed by atoms with Crippen molar-refractivity contribution < 1.29 is 14.1 Å². The lowest BCUT2D eigenvalue weighted by molar-refractivity contribution is -0.385. The fraction of sp³-hybridized carbons (Fsp3) is 0.364. The van der Waals surface area contributed by atoms with E-state index in [2.05, 4.69) is 5.32 Å². The molecule has 0 unspecified atom stereocenters. The molecule has 7 heteroatoms. The summed E-state index contributed by atoms with van der Waals surface area (Å²) in [6.07, 6.45) is 0.835. The van der Waals surface area contributed by atoms with Crippen LogP contribution in [0.5, 0.6) is 0 Å². The van der Waals surface area contributed by atoms with Crippen LogP contribution >= 0.6 is 11.8 Å². The Bertz CT molecular complexity index is 454. The number of nitrogens with one attached hydrogen (secondary N) is 1. The zero-order valence-electron chi connectivity index (χ0n) is 9.81. The Hall–Kier alpha value is -1.63. The lowest BCUT2D eigenvalue weighted by Crippen LogP contribution is -2.25. The summed E-state index contributed by atoms with van der Waals surface area (Å²) in [4.78, 5) is 21.6. The van der Waals surface area contributed by atoms with Crippen LogP contribution in [0.15, 0.2) is 23.1 Å². The Morgan fingerprint density at radius 3 is 2.83 bits per heavy atom. The molecular weight excluding hydrogens is 259 g/mol. The van der Waals surface area contributed by atoms with Gasteiger partial charge in [-0.3, -0.25) is 14.9 Å². The van der Waals surface area contributed by atoms with Crippen LogP contribution in [-0.2, 0) is 4.79 Å². The van der Waals surface area contributed by atoms with Gasteiger partial charge in [-0.05, 0) is 12.5 Å². The number of halogens is 1. The van der Waals surface area contributed by atoms with E-state index < -0.39 is 10.7 Å². The highest BCUT2D eigenvalue weighted by Gasteiger charge is 2.11. The molecule has 0 saturated heterocycles. The second-order valence-corrected chi connectivity index (χ2v) is 4.59. The molecule has 0 aromatic heterocycles. The number of nitro benzene ring substituents is 1. The highest BCUT2D eigenvalue weighted by Crippen LogP contribution is 2.24. The van der Waals surface area contributed by atoms with Gasteiger partial charge in [0.2, 0.25) is 5.91 Å². The molecule has 0 bridgehead atoms. The Kier molecular flexibility index (Phi) is 5.57. The van der Waals surface area contributed by atoms with Gasteiger partial charge in [0.05, 0.1) is 16.7 Å². The molecule has 1 amide bonds. The van der Waals surface area contributed by atoms with E-state index in [4.69, 9.17) is 0 Å². The minimum atomic E-state index is -0.680. The Labute approximate surface area is 108 Å². The molecule has 5 nitrogen and oxygen atoms in total. The van der Waals surface area contributed by atoms with Crippen molar-refractivity contribution in [3.05, 3.63) is 34.1 Å². The van der Waals surface area contributed by atoms with Crippen molar-refractivity contribution in [3.63, 3.8) is 0 Å². The lowest BCUT2D eigenvalue weighted by atomic mass is 10.3. The maximum Gasteiger partial charge on any atom is 0.273 e. The van der Waals surface area contributed by atoms with E-state index in [-0.39, 0.29) is 17.3 Å². The van der Waals surface area contributed by atoms with E-state index in [1.165, 1.54) is 12.1 Å². The molecule has 0 atom stereocenters. The summed E-state index contributed by atoms with van der Waals surface area (Å²) < 4.78 is 13.1. The SMILES string of the molecule is CCCNC(=O)CSc1cc(F)cc([N+](=O)[O-])c1. The molecule has 0 saturated carbocycles. The molecule has 1 N–H and O–H groups in total. The molecule has 18 heavy (non-hydrogen) atoms. The summed E-state index contributed by atoms with van der Waals surface area (Å²) in [5.74, 6) is -0.741. The molecule has 1 rings (SSSR count). The molecular formula is C11H13FN2O3S. The van der Waals surface area contributed by atoms with Crippen molar-refractivity contribution >= 4 is 23.4 Å². The minimum Gasteiger partial charge on any atom is -0.355 e. The van der Waals surface area contributed by atoms with Crippen molar-refractivity contribution in [3.8, 4) is 0 Å². The second kappa shape index (κ2) is 6.95. The number of amides is 1. The van der Waals surface area contributed by atoms with Gasteiger partial charge in [0.25, 0.3) is 5.69 Å². The summed E-state index contributed by atoms with van der Waals surface area (Å²) in [5.41, 5.74) is -0.313. The van der Waals surface area contributed by atoms with Gasteiger partial charge >= 0.3 is 0 Å². The zero-order valence-corrected chi connectivity index (χ0v) is 10.6. The number of thioether (sulfide) groups is 1. The monoisotopic (exact) mass is 272 g/mol. The van der Waals surface area contributed by atoms with Crippen LogP contribution in [0.1, 0.15) is 13.3 Å². The van der Waals surface area contributed by atoms with Crippen LogP contribution < -0.4 is 5.32 Å². The number of carbonyl (C=O) groups is 1. The molecule has 0 aliphatic heterocycles. The van der Waals surface area contributed by atoms with Crippen molar-refractivity contribution in [2.24, 2.45) is 0 Å². The Balaban J connectivity index is 2.62. The maximum absolute atomic E-state index is 13.1. The number of rotatable bonds is 6. The third kappa shape index (κ3) is 4.70. The predicted molar refractivity (Wildman–Crippen MR) is 67.1 cm³/mol. The molecule has 0 heterocycles. The van der Waals surface area contributed by atoms with Gasteiger partial charge in [-0.1, -0.05) is 6.92 Å². The number of non-ortho nitro benzene ring substituents is 1. The maximum atomic E-state index is 13.1. The fourth-order valence-electron chi connectivity index (χ4n) is 1.20. The fourth-order valence-corrected chi connectivity index (χ4v) is 2.00. The number of hydrogen-bond acceptors (Lipinski definition) is 4. The first-order valence-electron chi connectivity index (χ1n) is 5.37. The topological polar surface area (TPSA) is 72.2 Å². The third-order valence-corrected chi connectivity index (χ3v) is 2.98. The Morgan fingerprint density at radius 1 is 1.50 bits per heavy atom. The van der Waals surface area contributed by atoms with Crippen molar-refractivity contribution in [2.45, 2.75) is 18.2 Å². The predicted octanol–water partition coefficient (Wildman–Crippen LogP) is 2.35. The smallest absolute Gasteiger partial charge is 0.273 e. The van der Waals surface area contributed by atoms with Gasteiger partial charge in [-0.25, -0.2) is 4.39 Å². The van der Waals surface area contributed by atoms with E-state index in [1.807, 2.05) is 6.92 Å². The van der Waals surface area contributed by atoms with Crippen LogP contribution in [0.25, 0.3) is 0 Å². The van der Waals surface area contributed by atoms with Gasteiger partial charge in [0.1, 0.15) is 5.82 Å². The molecule has 0 radical (unpaired) electrons. The van der Waals surface area contributed by atoms with E-state index >= 15 is 0 Å². The van der Waals surface area contributed by atoms with Crippen molar-refractivity contribution in [1.29, 1.82) is 0 Å². The molecule has 98 valence electrons. The molecule has 0 aliphatic rings. The standard InChI is InChI=1S/C11H13FN2O3S/c1-2-3-13-11(15)7-18-10-5-8(12)4-9(6-10)14(16)17/h4-6H,2-3,7H2,1H3,(H,13,15). The second-order valence-electron chi connectivity index (χ2n) is 3.54. The van der Waals surface area contributed by atoms with Crippen LogP contribution in [-0.4, -0.2) is 23.1 Å². The first kappa shape index (κ1) is 14.4. The molecule has 1 aromatic rings. The average Bonchev–Trinajstić information content (AvgIpc) is 2.33. The summed E-state index contributed by atoms with van der Waals surface area (Å²) in [7, 11) is 0. The number of hydrogen-bond donors (Lipinski definition) is 1. The van der Waals surface area contributed by atoms with Gasteiger partial charge in [-0.2, -0.15) is 0 Å². The molecule has 0 spiro atoms. The van der Waals surface area contributed by atoms with Crippen LogP contribution in [0.4, 0.5) is 10.1 Å². The Morgan fingerprint density at radius 2 is 2.22 bits per heavy atom. The summed E-state index contributed by atoms with van der Waals surface area (Å²) in [6.45, 7) is 2.52. The van der Waals surface area contributed by atoms with E-state index in [0.717, 1.165) is 24.2 Å². The van der Waals surface area contributed by atoms with E-state index in [1.54, 1.807) is 0 Å². The molecule has 1 aromatic carbocycles. The zero-order chi connectivity index (χ0) is 13.5. The third-order valence-electron chi connectivity index (χ3n) is 2.01. The molecule has 0 fully saturated rings. The molecule has 0 aliphatic carbocycles. The van der Waals surface area contributed by atoms with Crippen LogP contribution in [0.2, 0.25) is 0 Å². The number of nitrogens with zero attached hydrogens (tertiary/aromatic N) is 1.